The number of anilines is 1. The molecule has 0 radical (unpaired) electrons. The number of rotatable bonds is 6. The van der Waals surface area contributed by atoms with Gasteiger partial charge in [0, 0.05) is 27.7 Å². The number of amides is 1. The predicted octanol–water partition coefficient (Wildman–Crippen LogP) is 4.24. The minimum atomic E-state index is -0.188. The normalized spacial score (nSPS) is 11.0. The number of nitrogens with one attached hydrogen (secondary N) is 1. The number of halogens is 3. The van der Waals surface area contributed by atoms with Gasteiger partial charge >= 0.3 is 0 Å². The summed E-state index contributed by atoms with van der Waals surface area (Å²) in [5, 5.41) is 12.4. The van der Waals surface area contributed by atoms with Crippen LogP contribution >= 0.6 is 39.1 Å². The van der Waals surface area contributed by atoms with Gasteiger partial charge in [0.15, 0.2) is 0 Å². The van der Waals surface area contributed by atoms with Gasteiger partial charge in [-0.3, -0.25) is 14.8 Å². The van der Waals surface area contributed by atoms with E-state index in [1.807, 2.05) is 13.8 Å². The minimum Gasteiger partial charge on any atom is -0.293 e. The summed E-state index contributed by atoms with van der Waals surface area (Å²) < 4.78 is 4.33. The summed E-state index contributed by atoms with van der Waals surface area (Å²) in [6, 6.07) is 5.31. The third kappa shape index (κ3) is 4.69. The van der Waals surface area contributed by atoms with Gasteiger partial charge in [0.05, 0.1) is 23.3 Å². The third-order valence-electron chi connectivity index (χ3n) is 4.01. The Hall–Kier alpha value is -1.90. The highest BCUT2D eigenvalue weighted by Gasteiger charge is 2.12. The molecule has 142 valence electrons. The van der Waals surface area contributed by atoms with Crippen LogP contribution in [0, 0.1) is 13.8 Å². The van der Waals surface area contributed by atoms with Gasteiger partial charge in [-0.2, -0.15) is 5.10 Å². The highest BCUT2D eigenvalue weighted by Crippen LogP contribution is 2.25. The molecular weight excluding hydrogens is 455 g/mol. The smallest absolute Gasteiger partial charge is 0.248 e. The van der Waals surface area contributed by atoms with Crippen molar-refractivity contribution in [3.8, 4) is 0 Å². The molecule has 0 saturated carbocycles. The molecule has 1 aromatic carbocycles. The van der Waals surface area contributed by atoms with Crippen molar-refractivity contribution >= 4 is 51.0 Å². The first-order chi connectivity index (χ1) is 12.8. The maximum atomic E-state index is 12.2. The molecule has 0 spiro atoms. The van der Waals surface area contributed by atoms with E-state index in [0.717, 1.165) is 21.4 Å². The Labute approximate surface area is 174 Å². The van der Waals surface area contributed by atoms with E-state index in [9.17, 15) is 4.79 Å². The third-order valence-corrected chi connectivity index (χ3v) is 5.87. The van der Waals surface area contributed by atoms with Crippen molar-refractivity contribution in [1.82, 2.24) is 24.5 Å². The van der Waals surface area contributed by atoms with Crippen LogP contribution in [0.1, 0.15) is 23.4 Å². The van der Waals surface area contributed by atoms with Gasteiger partial charge in [0.2, 0.25) is 11.9 Å². The van der Waals surface area contributed by atoms with E-state index in [-0.39, 0.29) is 18.3 Å². The fourth-order valence-corrected chi connectivity index (χ4v) is 3.36. The van der Waals surface area contributed by atoms with Gasteiger partial charge in [-0.1, -0.05) is 29.3 Å². The van der Waals surface area contributed by atoms with Gasteiger partial charge in [0.1, 0.15) is 6.33 Å². The van der Waals surface area contributed by atoms with E-state index in [4.69, 9.17) is 23.2 Å². The monoisotopic (exact) mass is 470 g/mol. The molecule has 7 nitrogen and oxygen atoms in total. The number of hydrogen-bond donors (Lipinski definition) is 1. The Morgan fingerprint density at radius 1 is 1.22 bits per heavy atom. The van der Waals surface area contributed by atoms with Gasteiger partial charge in [-0.25, -0.2) is 9.67 Å². The lowest BCUT2D eigenvalue weighted by Crippen LogP contribution is -2.16. The summed E-state index contributed by atoms with van der Waals surface area (Å²) in [5.41, 5.74) is 2.63. The van der Waals surface area contributed by atoms with Crippen molar-refractivity contribution in [1.29, 1.82) is 0 Å². The van der Waals surface area contributed by atoms with E-state index in [2.05, 4.69) is 36.4 Å². The fraction of sp³-hybridized carbons (Fsp3) is 0.294. The Morgan fingerprint density at radius 3 is 2.56 bits per heavy atom. The Morgan fingerprint density at radius 2 is 1.93 bits per heavy atom. The first-order valence-corrected chi connectivity index (χ1v) is 9.71. The zero-order valence-corrected chi connectivity index (χ0v) is 17.8. The Balaban J connectivity index is 1.58. The largest absolute Gasteiger partial charge is 0.293 e. The van der Waals surface area contributed by atoms with Gasteiger partial charge in [-0.05, 0) is 41.9 Å². The molecule has 0 fully saturated rings. The molecule has 0 aliphatic carbocycles. The fourth-order valence-electron chi connectivity index (χ4n) is 2.56. The molecule has 0 saturated heterocycles. The molecular formula is C17H17BrCl2N6O. The number of carbonyl (C=O) groups excluding carboxylic acids is 1. The molecule has 0 atom stereocenters. The van der Waals surface area contributed by atoms with E-state index in [1.165, 1.54) is 6.33 Å². The van der Waals surface area contributed by atoms with Crippen LogP contribution in [0.25, 0.3) is 0 Å². The predicted molar refractivity (Wildman–Crippen MR) is 108 cm³/mol. The summed E-state index contributed by atoms with van der Waals surface area (Å²) in [6.45, 7) is 4.70. The minimum absolute atomic E-state index is 0.188. The van der Waals surface area contributed by atoms with Crippen molar-refractivity contribution < 1.29 is 4.79 Å². The van der Waals surface area contributed by atoms with Crippen molar-refractivity contribution in [2.75, 3.05) is 5.32 Å². The number of carbonyl (C=O) groups is 1. The summed E-state index contributed by atoms with van der Waals surface area (Å²) in [6.07, 6.45) is 1.78. The van der Waals surface area contributed by atoms with E-state index in [1.54, 1.807) is 27.6 Å². The summed E-state index contributed by atoms with van der Waals surface area (Å²) in [5.74, 6) is 0.0462. The lowest BCUT2D eigenvalue weighted by Gasteiger charge is -2.06. The first-order valence-electron chi connectivity index (χ1n) is 8.17. The second-order valence-corrected chi connectivity index (χ2v) is 7.58. The number of nitrogens with zero attached hydrogens (tertiary/aromatic N) is 5. The molecule has 0 aliphatic heterocycles. The standard InChI is InChI=1S/C17H17BrCl2N6O/c1-10-16(18)11(2)26(23-10)7-6-15(27)22-17-21-9-25(24-17)8-12-13(19)4-3-5-14(12)20/h3-5,9H,6-8H2,1-2H3,(H,22,24,27). The molecule has 0 aliphatic rings. The van der Waals surface area contributed by atoms with Crippen molar-refractivity contribution in [3.05, 3.63) is 56.0 Å². The van der Waals surface area contributed by atoms with Crippen LogP contribution in [0.2, 0.25) is 10.0 Å². The maximum absolute atomic E-state index is 12.2. The molecule has 3 rings (SSSR count). The SMILES string of the molecule is Cc1nn(CCC(=O)Nc2ncn(Cc3c(Cl)cccc3Cl)n2)c(C)c1Br. The summed E-state index contributed by atoms with van der Waals surface area (Å²) in [4.78, 5) is 16.3. The second kappa shape index (κ2) is 8.41. The molecule has 1 N–H and O–H groups in total. The van der Waals surface area contributed by atoms with Crippen LogP contribution in [-0.2, 0) is 17.9 Å². The summed E-state index contributed by atoms with van der Waals surface area (Å²) in [7, 11) is 0. The zero-order valence-electron chi connectivity index (χ0n) is 14.7. The molecule has 3 aromatic rings. The van der Waals surface area contributed by atoms with Crippen LogP contribution in [0.15, 0.2) is 29.0 Å². The molecule has 0 unspecified atom stereocenters. The van der Waals surface area contributed by atoms with Crippen molar-refractivity contribution in [2.45, 2.75) is 33.4 Å². The van der Waals surface area contributed by atoms with Crippen LogP contribution in [-0.4, -0.2) is 30.5 Å². The molecule has 2 heterocycles. The number of hydrogen-bond acceptors (Lipinski definition) is 4. The van der Waals surface area contributed by atoms with E-state index < -0.39 is 0 Å². The van der Waals surface area contributed by atoms with Gasteiger partial charge in [0.25, 0.3) is 0 Å². The van der Waals surface area contributed by atoms with Gasteiger partial charge in [-0.15, -0.1) is 5.10 Å². The van der Waals surface area contributed by atoms with E-state index >= 15 is 0 Å². The summed E-state index contributed by atoms with van der Waals surface area (Å²) >= 11 is 15.8. The topological polar surface area (TPSA) is 77.6 Å². The maximum Gasteiger partial charge on any atom is 0.248 e. The van der Waals surface area contributed by atoms with Crippen LogP contribution in [0.3, 0.4) is 0 Å². The molecule has 27 heavy (non-hydrogen) atoms. The average Bonchev–Trinajstić information content (AvgIpc) is 3.16. The Kier molecular flexibility index (Phi) is 6.18. The first kappa shape index (κ1) is 19.9. The number of aromatic nitrogens is 5. The lowest BCUT2D eigenvalue weighted by atomic mass is 10.2. The highest BCUT2D eigenvalue weighted by atomic mass is 79.9. The van der Waals surface area contributed by atoms with Crippen molar-refractivity contribution in [2.24, 2.45) is 0 Å². The number of benzene rings is 1. The average molecular weight is 472 g/mol. The Bertz CT molecular complexity index is 964. The van der Waals surface area contributed by atoms with Gasteiger partial charge < -0.3 is 0 Å². The molecule has 1 amide bonds. The molecule has 10 heteroatoms. The molecule has 2 aromatic heterocycles. The van der Waals surface area contributed by atoms with Crippen LogP contribution in [0.4, 0.5) is 5.95 Å². The molecule has 0 bridgehead atoms. The lowest BCUT2D eigenvalue weighted by molar-refractivity contribution is -0.116. The van der Waals surface area contributed by atoms with Crippen LogP contribution in [0.5, 0.6) is 0 Å². The quantitative estimate of drug-likeness (QED) is 0.583. The number of aryl methyl sites for hydroxylation is 2. The zero-order chi connectivity index (χ0) is 19.6. The van der Waals surface area contributed by atoms with Crippen molar-refractivity contribution in [3.63, 3.8) is 0 Å². The second-order valence-electron chi connectivity index (χ2n) is 5.97. The highest BCUT2D eigenvalue weighted by molar-refractivity contribution is 9.10. The van der Waals surface area contributed by atoms with E-state index in [0.29, 0.717) is 23.1 Å². The van der Waals surface area contributed by atoms with Crippen LogP contribution < -0.4 is 5.32 Å².